The molecule has 1 aromatic heterocycles. The molecule has 2 aliphatic rings. The van der Waals surface area contributed by atoms with Crippen molar-refractivity contribution in [3.05, 3.63) is 11.7 Å². The van der Waals surface area contributed by atoms with Crippen LogP contribution in [-0.4, -0.2) is 36.6 Å². The summed E-state index contributed by atoms with van der Waals surface area (Å²) >= 11 is 0. The predicted molar refractivity (Wildman–Crippen MR) is 60.3 cm³/mol. The molecule has 17 heavy (non-hydrogen) atoms. The van der Waals surface area contributed by atoms with Crippen LogP contribution >= 0.6 is 0 Å². The highest BCUT2D eigenvalue weighted by Crippen LogP contribution is 2.28. The first-order valence-electron chi connectivity index (χ1n) is 5.91. The average molecular weight is 257 g/mol. The summed E-state index contributed by atoms with van der Waals surface area (Å²) in [5.41, 5.74) is 0. The van der Waals surface area contributed by atoms with Crippen molar-refractivity contribution in [1.29, 1.82) is 0 Å². The van der Waals surface area contributed by atoms with E-state index in [4.69, 9.17) is 4.52 Å². The minimum Gasteiger partial charge on any atom is -0.338 e. The molecule has 1 aromatic rings. The Bertz CT molecular complexity index is 505. The summed E-state index contributed by atoms with van der Waals surface area (Å²) in [5, 5.41) is 7.20. The van der Waals surface area contributed by atoms with E-state index in [1.165, 1.54) is 0 Å². The lowest BCUT2D eigenvalue weighted by atomic mass is 10.1. The van der Waals surface area contributed by atoms with Gasteiger partial charge < -0.3 is 9.84 Å². The lowest BCUT2D eigenvalue weighted by Crippen LogP contribution is -2.13. The number of nitrogens with one attached hydrogen (secondary N) is 1. The van der Waals surface area contributed by atoms with Crippen LogP contribution in [-0.2, 0) is 9.84 Å². The van der Waals surface area contributed by atoms with Gasteiger partial charge in [0.15, 0.2) is 15.7 Å². The Balaban J connectivity index is 1.76. The van der Waals surface area contributed by atoms with Crippen molar-refractivity contribution in [1.82, 2.24) is 15.5 Å². The molecule has 0 radical (unpaired) electrons. The number of sulfone groups is 1. The van der Waals surface area contributed by atoms with Gasteiger partial charge in [0.25, 0.3) is 0 Å². The molecular formula is C10H15N3O3S. The number of hydrogen-bond donors (Lipinski definition) is 1. The number of hydrogen-bond acceptors (Lipinski definition) is 6. The molecule has 0 bridgehead atoms. The minimum atomic E-state index is -2.89. The van der Waals surface area contributed by atoms with Crippen molar-refractivity contribution in [3.8, 4) is 0 Å². The van der Waals surface area contributed by atoms with E-state index in [0.29, 0.717) is 18.1 Å². The summed E-state index contributed by atoms with van der Waals surface area (Å²) in [6, 6.07) is 0.147. The first-order valence-corrected chi connectivity index (χ1v) is 7.73. The second-order valence-electron chi connectivity index (χ2n) is 4.74. The monoisotopic (exact) mass is 257 g/mol. The van der Waals surface area contributed by atoms with E-state index in [-0.39, 0.29) is 23.5 Å². The van der Waals surface area contributed by atoms with Gasteiger partial charge in [-0.3, -0.25) is 0 Å². The van der Waals surface area contributed by atoms with Gasteiger partial charge in [0.2, 0.25) is 5.89 Å². The Kier molecular flexibility index (Phi) is 2.67. The third kappa shape index (κ3) is 2.21. The fraction of sp³-hybridized carbons (Fsp3) is 0.800. The molecular weight excluding hydrogens is 242 g/mol. The molecule has 2 saturated heterocycles. The first kappa shape index (κ1) is 11.2. The molecule has 2 fully saturated rings. The van der Waals surface area contributed by atoms with E-state index >= 15 is 0 Å². The smallest absolute Gasteiger partial charge is 0.243 e. The Hall–Kier alpha value is -0.950. The van der Waals surface area contributed by atoms with Gasteiger partial charge in [-0.1, -0.05) is 5.16 Å². The Morgan fingerprint density at radius 3 is 2.88 bits per heavy atom. The van der Waals surface area contributed by atoms with Gasteiger partial charge in [-0.25, -0.2) is 8.42 Å². The minimum absolute atomic E-state index is 0.0843. The maximum atomic E-state index is 11.4. The SMILES string of the molecule is O=S1(=O)CCC(c2noc([C@@H]3CCCN3)n2)C1. The lowest BCUT2D eigenvalue weighted by Gasteiger charge is -2.02. The summed E-state index contributed by atoms with van der Waals surface area (Å²) in [7, 11) is -2.89. The molecule has 0 aliphatic carbocycles. The third-order valence-corrected chi connectivity index (χ3v) is 5.18. The van der Waals surface area contributed by atoms with E-state index in [1.807, 2.05) is 0 Å². The second-order valence-corrected chi connectivity index (χ2v) is 6.97. The lowest BCUT2D eigenvalue weighted by molar-refractivity contribution is 0.339. The largest absolute Gasteiger partial charge is 0.338 e. The van der Waals surface area contributed by atoms with Gasteiger partial charge in [-0.05, 0) is 25.8 Å². The Labute approximate surface area is 99.7 Å². The van der Waals surface area contributed by atoms with Crippen LogP contribution in [0, 0.1) is 0 Å². The summed E-state index contributed by atoms with van der Waals surface area (Å²) in [5.74, 6) is 1.46. The maximum absolute atomic E-state index is 11.4. The quantitative estimate of drug-likeness (QED) is 0.825. The Morgan fingerprint density at radius 1 is 1.35 bits per heavy atom. The van der Waals surface area contributed by atoms with Crippen LogP contribution in [0.2, 0.25) is 0 Å². The molecule has 94 valence electrons. The molecule has 0 saturated carbocycles. The first-order chi connectivity index (χ1) is 8.14. The summed E-state index contributed by atoms with van der Waals surface area (Å²) in [6.45, 7) is 0.972. The molecule has 3 heterocycles. The van der Waals surface area contributed by atoms with Gasteiger partial charge in [0, 0.05) is 5.92 Å². The molecule has 0 amide bonds. The van der Waals surface area contributed by atoms with Gasteiger partial charge in [-0.2, -0.15) is 4.98 Å². The third-order valence-electron chi connectivity index (χ3n) is 3.41. The van der Waals surface area contributed by atoms with Crippen LogP contribution in [0.4, 0.5) is 0 Å². The molecule has 0 aromatic carbocycles. The second kappa shape index (κ2) is 4.06. The molecule has 1 unspecified atom stereocenters. The van der Waals surface area contributed by atoms with Gasteiger partial charge in [0.05, 0.1) is 17.5 Å². The molecule has 0 spiro atoms. The van der Waals surface area contributed by atoms with E-state index in [0.717, 1.165) is 19.4 Å². The highest BCUT2D eigenvalue weighted by atomic mass is 32.2. The van der Waals surface area contributed by atoms with Crippen molar-refractivity contribution >= 4 is 9.84 Å². The number of nitrogens with zero attached hydrogens (tertiary/aromatic N) is 2. The number of aromatic nitrogens is 2. The topological polar surface area (TPSA) is 85.1 Å². The van der Waals surface area contributed by atoms with E-state index in [1.54, 1.807) is 0 Å². The molecule has 7 heteroatoms. The number of rotatable bonds is 2. The van der Waals surface area contributed by atoms with Crippen LogP contribution in [0.15, 0.2) is 4.52 Å². The molecule has 2 aliphatic heterocycles. The normalized spacial score (nSPS) is 32.0. The van der Waals surface area contributed by atoms with E-state index in [9.17, 15) is 8.42 Å². The molecule has 6 nitrogen and oxygen atoms in total. The highest BCUT2D eigenvalue weighted by molar-refractivity contribution is 7.91. The van der Waals surface area contributed by atoms with Crippen LogP contribution in [0.5, 0.6) is 0 Å². The van der Waals surface area contributed by atoms with Crippen LogP contribution < -0.4 is 5.32 Å². The fourth-order valence-corrected chi connectivity index (χ4v) is 4.19. The van der Waals surface area contributed by atoms with Crippen LogP contribution in [0.1, 0.15) is 42.9 Å². The Morgan fingerprint density at radius 2 is 2.24 bits per heavy atom. The van der Waals surface area contributed by atoms with Gasteiger partial charge >= 0.3 is 0 Å². The van der Waals surface area contributed by atoms with E-state index in [2.05, 4.69) is 15.5 Å². The predicted octanol–water partition coefficient (Wildman–Crippen LogP) is 0.396. The van der Waals surface area contributed by atoms with Gasteiger partial charge in [-0.15, -0.1) is 0 Å². The zero-order chi connectivity index (χ0) is 11.9. The molecule has 3 rings (SSSR count). The van der Waals surface area contributed by atoms with E-state index < -0.39 is 9.84 Å². The van der Waals surface area contributed by atoms with Gasteiger partial charge in [0.1, 0.15) is 0 Å². The summed E-state index contributed by atoms with van der Waals surface area (Å²) < 4.78 is 28.0. The van der Waals surface area contributed by atoms with Crippen molar-refractivity contribution in [2.24, 2.45) is 0 Å². The maximum Gasteiger partial charge on any atom is 0.243 e. The summed E-state index contributed by atoms with van der Waals surface area (Å²) in [4.78, 5) is 4.34. The van der Waals surface area contributed by atoms with Crippen LogP contribution in [0.25, 0.3) is 0 Å². The summed E-state index contributed by atoms with van der Waals surface area (Å²) in [6.07, 6.45) is 2.73. The fourth-order valence-electron chi connectivity index (χ4n) is 2.45. The van der Waals surface area contributed by atoms with Crippen molar-refractivity contribution < 1.29 is 12.9 Å². The average Bonchev–Trinajstić information content (AvgIpc) is 2.93. The molecule has 2 atom stereocenters. The van der Waals surface area contributed by atoms with Crippen molar-refractivity contribution in [2.75, 3.05) is 18.1 Å². The van der Waals surface area contributed by atoms with Crippen LogP contribution in [0.3, 0.4) is 0 Å². The van der Waals surface area contributed by atoms with Crippen molar-refractivity contribution in [3.63, 3.8) is 0 Å². The zero-order valence-electron chi connectivity index (χ0n) is 9.42. The highest BCUT2D eigenvalue weighted by Gasteiger charge is 2.33. The standard InChI is InChI=1S/C10H15N3O3S/c14-17(15)5-3-7(6-17)9-12-10(16-13-9)8-2-1-4-11-8/h7-8,11H,1-6H2/t7?,8-/m0/s1. The zero-order valence-corrected chi connectivity index (χ0v) is 10.2. The molecule has 1 N–H and O–H groups in total. The van der Waals surface area contributed by atoms with Crippen molar-refractivity contribution in [2.45, 2.75) is 31.2 Å².